The fourth-order valence-corrected chi connectivity index (χ4v) is 2.89. The van der Waals surface area contributed by atoms with Crippen molar-refractivity contribution in [3.63, 3.8) is 0 Å². The van der Waals surface area contributed by atoms with E-state index in [1.54, 1.807) is 0 Å². The van der Waals surface area contributed by atoms with Crippen LogP contribution in [0.4, 0.5) is 0 Å². The van der Waals surface area contributed by atoms with Gasteiger partial charge in [-0.05, 0) is 24.7 Å². The third-order valence-corrected chi connectivity index (χ3v) is 3.68. The van der Waals surface area contributed by atoms with Crippen molar-refractivity contribution in [1.82, 2.24) is 4.90 Å². The maximum absolute atomic E-state index is 11.8. The van der Waals surface area contributed by atoms with E-state index in [-0.39, 0.29) is 18.3 Å². The second-order valence-corrected chi connectivity index (χ2v) is 4.92. The first-order valence-electron chi connectivity index (χ1n) is 6.03. The summed E-state index contributed by atoms with van der Waals surface area (Å²) in [6.07, 6.45) is 4.27. The Labute approximate surface area is 105 Å². The summed E-state index contributed by atoms with van der Waals surface area (Å²) in [5, 5.41) is 0. The van der Waals surface area contributed by atoms with Gasteiger partial charge in [0.2, 0.25) is 5.91 Å². The molecule has 0 saturated heterocycles. The summed E-state index contributed by atoms with van der Waals surface area (Å²) in [6, 6.07) is 0.415. The van der Waals surface area contributed by atoms with Crippen molar-refractivity contribution in [2.75, 3.05) is 13.6 Å². The van der Waals surface area contributed by atoms with Gasteiger partial charge in [-0.1, -0.05) is 20.3 Å². The van der Waals surface area contributed by atoms with E-state index in [0.29, 0.717) is 30.8 Å². The van der Waals surface area contributed by atoms with Crippen molar-refractivity contribution >= 4 is 18.3 Å². The van der Waals surface area contributed by atoms with Crippen LogP contribution in [0.1, 0.15) is 39.5 Å². The highest BCUT2D eigenvalue weighted by Crippen LogP contribution is 2.32. The van der Waals surface area contributed by atoms with E-state index < -0.39 is 0 Å². The smallest absolute Gasteiger partial charge is 0.223 e. The molecule has 1 fully saturated rings. The van der Waals surface area contributed by atoms with E-state index >= 15 is 0 Å². The predicted molar refractivity (Wildman–Crippen MR) is 69.7 cm³/mol. The fraction of sp³-hybridized carbons (Fsp3) is 0.917. The molecule has 0 spiro atoms. The lowest BCUT2D eigenvalue weighted by atomic mass is 9.78. The Balaban J connectivity index is 0.00000225. The SMILES string of the molecule is CC1CCCC(C)C1N(C)C(=O)CCN.Cl. The number of nitrogens with two attached hydrogens (primary N) is 1. The quantitative estimate of drug-likeness (QED) is 0.831. The van der Waals surface area contributed by atoms with Crippen molar-refractivity contribution in [2.45, 2.75) is 45.6 Å². The number of rotatable bonds is 3. The van der Waals surface area contributed by atoms with Crippen LogP contribution in [0.5, 0.6) is 0 Å². The van der Waals surface area contributed by atoms with Gasteiger partial charge < -0.3 is 10.6 Å². The van der Waals surface area contributed by atoms with Crippen LogP contribution in [-0.2, 0) is 4.79 Å². The van der Waals surface area contributed by atoms with Gasteiger partial charge in [0.1, 0.15) is 0 Å². The molecule has 0 aromatic rings. The zero-order valence-corrected chi connectivity index (χ0v) is 11.4. The number of amides is 1. The molecule has 0 radical (unpaired) electrons. The summed E-state index contributed by atoms with van der Waals surface area (Å²) in [5.74, 6) is 1.45. The van der Waals surface area contributed by atoms with Crippen LogP contribution in [0.25, 0.3) is 0 Å². The van der Waals surface area contributed by atoms with Gasteiger partial charge in [0.15, 0.2) is 0 Å². The molecule has 1 aliphatic rings. The number of hydrogen-bond donors (Lipinski definition) is 1. The summed E-state index contributed by atoms with van der Waals surface area (Å²) >= 11 is 0. The molecule has 2 N–H and O–H groups in total. The zero-order valence-electron chi connectivity index (χ0n) is 10.6. The first kappa shape index (κ1) is 15.7. The lowest BCUT2D eigenvalue weighted by molar-refractivity contribution is -0.134. The Bertz CT molecular complexity index is 213. The Morgan fingerprint density at radius 2 is 1.81 bits per heavy atom. The maximum atomic E-state index is 11.8. The third-order valence-electron chi connectivity index (χ3n) is 3.68. The monoisotopic (exact) mass is 248 g/mol. The van der Waals surface area contributed by atoms with Crippen molar-refractivity contribution < 1.29 is 4.79 Å². The Kier molecular flexibility index (Phi) is 7.00. The highest BCUT2D eigenvalue weighted by molar-refractivity contribution is 5.85. The van der Waals surface area contributed by atoms with E-state index in [4.69, 9.17) is 5.73 Å². The molecule has 16 heavy (non-hydrogen) atoms. The molecule has 1 saturated carbocycles. The highest BCUT2D eigenvalue weighted by Gasteiger charge is 2.32. The average molecular weight is 249 g/mol. The normalized spacial score (nSPS) is 29.4. The first-order valence-corrected chi connectivity index (χ1v) is 6.03. The predicted octanol–water partition coefficient (Wildman–Crippen LogP) is 2.04. The number of carbonyl (C=O) groups excluding carboxylic acids is 1. The maximum Gasteiger partial charge on any atom is 0.223 e. The van der Waals surface area contributed by atoms with Gasteiger partial charge in [-0.2, -0.15) is 0 Å². The average Bonchev–Trinajstić information content (AvgIpc) is 2.17. The second-order valence-electron chi connectivity index (χ2n) is 4.92. The summed E-state index contributed by atoms with van der Waals surface area (Å²) in [7, 11) is 1.93. The molecule has 0 aromatic heterocycles. The first-order chi connectivity index (χ1) is 7.07. The van der Waals surface area contributed by atoms with Gasteiger partial charge in [-0.25, -0.2) is 0 Å². The molecular formula is C12H25ClN2O. The molecule has 0 bridgehead atoms. The Morgan fingerprint density at radius 1 is 1.31 bits per heavy atom. The van der Waals surface area contributed by atoms with Crippen LogP contribution >= 0.6 is 12.4 Å². The fourth-order valence-electron chi connectivity index (χ4n) is 2.89. The summed E-state index contributed by atoms with van der Waals surface area (Å²) in [4.78, 5) is 13.7. The standard InChI is InChI=1S/C12H24N2O.ClH/c1-9-5-4-6-10(2)12(9)14(3)11(15)7-8-13;/h9-10,12H,4-8,13H2,1-3H3;1H. The largest absolute Gasteiger partial charge is 0.342 e. The van der Waals surface area contributed by atoms with E-state index in [2.05, 4.69) is 13.8 Å². The van der Waals surface area contributed by atoms with Crippen molar-refractivity contribution in [3.05, 3.63) is 0 Å². The molecule has 1 aliphatic carbocycles. The minimum Gasteiger partial charge on any atom is -0.342 e. The molecule has 0 heterocycles. The molecule has 1 amide bonds. The molecular weight excluding hydrogens is 224 g/mol. The van der Waals surface area contributed by atoms with Crippen molar-refractivity contribution in [2.24, 2.45) is 17.6 Å². The van der Waals surface area contributed by atoms with Gasteiger partial charge in [-0.15, -0.1) is 12.4 Å². The lowest BCUT2D eigenvalue weighted by Gasteiger charge is -2.40. The van der Waals surface area contributed by atoms with Gasteiger partial charge in [0.05, 0.1) is 0 Å². The minimum atomic E-state index is 0. The molecule has 3 nitrogen and oxygen atoms in total. The topological polar surface area (TPSA) is 46.3 Å². The second kappa shape index (κ2) is 7.13. The van der Waals surface area contributed by atoms with Gasteiger partial charge >= 0.3 is 0 Å². The number of halogens is 1. The summed E-state index contributed by atoms with van der Waals surface area (Å²) < 4.78 is 0. The Hall–Kier alpha value is -0.280. The van der Waals surface area contributed by atoms with Crippen LogP contribution in [0.15, 0.2) is 0 Å². The van der Waals surface area contributed by atoms with Crippen molar-refractivity contribution in [1.29, 1.82) is 0 Å². The van der Waals surface area contributed by atoms with Crippen LogP contribution in [0.2, 0.25) is 0 Å². The molecule has 2 atom stereocenters. The van der Waals surface area contributed by atoms with E-state index in [1.165, 1.54) is 19.3 Å². The van der Waals surface area contributed by atoms with E-state index in [9.17, 15) is 4.79 Å². The van der Waals surface area contributed by atoms with Crippen molar-refractivity contribution in [3.8, 4) is 0 Å². The lowest BCUT2D eigenvalue weighted by Crippen LogP contribution is -2.47. The van der Waals surface area contributed by atoms with Crippen LogP contribution in [0.3, 0.4) is 0 Å². The van der Waals surface area contributed by atoms with Crippen LogP contribution < -0.4 is 5.73 Å². The minimum absolute atomic E-state index is 0. The number of hydrogen-bond acceptors (Lipinski definition) is 2. The zero-order chi connectivity index (χ0) is 11.4. The Morgan fingerprint density at radius 3 is 2.25 bits per heavy atom. The molecule has 4 heteroatoms. The summed E-state index contributed by atoms with van der Waals surface area (Å²) in [5.41, 5.74) is 5.42. The van der Waals surface area contributed by atoms with Crippen LogP contribution in [0, 0.1) is 11.8 Å². The highest BCUT2D eigenvalue weighted by atomic mass is 35.5. The van der Waals surface area contributed by atoms with E-state index in [0.717, 1.165) is 0 Å². The van der Waals surface area contributed by atoms with Gasteiger partial charge in [-0.3, -0.25) is 4.79 Å². The molecule has 0 aliphatic heterocycles. The molecule has 96 valence electrons. The molecule has 0 aromatic carbocycles. The molecule has 1 rings (SSSR count). The van der Waals surface area contributed by atoms with Crippen LogP contribution in [-0.4, -0.2) is 30.4 Å². The van der Waals surface area contributed by atoms with Gasteiger partial charge in [0, 0.05) is 26.1 Å². The summed E-state index contributed by atoms with van der Waals surface area (Å²) in [6.45, 7) is 4.97. The van der Waals surface area contributed by atoms with Gasteiger partial charge in [0.25, 0.3) is 0 Å². The number of nitrogens with zero attached hydrogens (tertiary/aromatic N) is 1. The van der Waals surface area contributed by atoms with E-state index in [1.807, 2.05) is 11.9 Å². The number of carbonyl (C=O) groups is 1. The molecule has 2 unspecified atom stereocenters. The third kappa shape index (κ3) is 3.63.